The fourth-order valence-electron chi connectivity index (χ4n) is 2.01. The van der Waals surface area contributed by atoms with E-state index in [1.165, 1.54) is 0 Å². The molecule has 0 aliphatic heterocycles. The molecule has 110 valence electrons. The third-order valence-corrected chi connectivity index (χ3v) is 3.02. The van der Waals surface area contributed by atoms with Crippen LogP contribution in [0.5, 0.6) is 0 Å². The fraction of sp³-hybridized carbons (Fsp3) is 0.143. The predicted molar refractivity (Wildman–Crippen MR) is 74.7 cm³/mol. The van der Waals surface area contributed by atoms with Crippen molar-refractivity contribution in [3.8, 4) is 0 Å². The summed E-state index contributed by atoms with van der Waals surface area (Å²) in [5.74, 6) is -2.10. The van der Waals surface area contributed by atoms with Crippen LogP contribution in [0.4, 0.5) is 20.2 Å². The first kappa shape index (κ1) is 14.9. The molecule has 0 atom stereocenters. The minimum absolute atomic E-state index is 0.178. The van der Waals surface area contributed by atoms with Crippen LogP contribution in [-0.4, -0.2) is 4.92 Å². The monoisotopic (exact) mass is 293 g/mol. The first-order valence-electron chi connectivity index (χ1n) is 6.17. The van der Waals surface area contributed by atoms with Gasteiger partial charge in [0.25, 0.3) is 0 Å². The molecule has 21 heavy (non-hydrogen) atoms. The summed E-state index contributed by atoms with van der Waals surface area (Å²) < 4.78 is 26.7. The number of hydrogen-bond acceptors (Lipinski definition) is 4. The van der Waals surface area contributed by atoms with Gasteiger partial charge in [-0.1, -0.05) is 24.3 Å². The van der Waals surface area contributed by atoms with Gasteiger partial charge >= 0.3 is 5.69 Å². The van der Waals surface area contributed by atoms with Gasteiger partial charge in [0.05, 0.1) is 4.92 Å². The number of anilines is 1. The van der Waals surface area contributed by atoms with Crippen LogP contribution in [0.3, 0.4) is 0 Å². The number of nitrogens with two attached hydrogens (primary N) is 1. The molecule has 0 unspecified atom stereocenters. The van der Waals surface area contributed by atoms with Gasteiger partial charge in [-0.2, -0.15) is 4.39 Å². The third-order valence-electron chi connectivity index (χ3n) is 3.02. The summed E-state index contributed by atoms with van der Waals surface area (Å²) in [5, 5.41) is 13.6. The second-order valence-corrected chi connectivity index (χ2v) is 4.37. The Morgan fingerprint density at radius 1 is 1.19 bits per heavy atom. The number of rotatable bonds is 5. The lowest BCUT2D eigenvalue weighted by atomic mass is 10.1. The van der Waals surface area contributed by atoms with Gasteiger partial charge in [0, 0.05) is 25.2 Å². The average Bonchev–Trinajstić information content (AvgIpc) is 2.44. The maximum atomic E-state index is 13.5. The first-order valence-corrected chi connectivity index (χ1v) is 6.17. The smallest absolute Gasteiger partial charge is 0.327 e. The predicted octanol–water partition coefficient (Wildman–Crippen LogP) is 2.94. The summed E-state index contributed by atoms with van der Waals surface area (Å²) in [4.78, 5) is 9.99. The number of nitro benzene ring substituents is 1. The van der Waals surface area contributed by atoms with E-state index in [4.69, 9.17) is 5.73 Å². The van der Waals surface area contributed by atoms with Gasteiger partial charge in [-0.15, -0.1) is 0 Å². The molecule has 0 aliphatic carbocycles. The van der Waals surface area contributed by atoms with E-state index in [0.717, 1.165) is 17.2 Å². The summed E-state index contributed by atoms with van der Waals surface area (Å²) in [6.45, 7) is 0.481. The van der Waals surface area contributed by atoms with Crippen LogP contribution in [0.2, 0.25) is 0 Å². The SMILES string of the molecule is NCc1ccccc1CNc1cc(F)cc(F)c1[N+](=O)[O-]. The van der Waals surface area contributed by atoms with E-state index in [2.05, 4.69) is 5.32 Å². The van der Waals surface area contributed by atoms with E-state index < -0.39 is 22.2 Å². The van der Waals surface area contributed by atoms with Crippen LogP contribution in [0, 0.1) is 21.7 Å². The Morgan fingerprint density at radius 3 is 2.48 bits per heavy atom. The molecule has 3 N–H and O–H groups in total. The minimum Gasteiger partial charge on any atom is -0.375 e. The lowest BCUT2D eigenvalue weighted by Crippen LogP contribution is -2.08. The minimum atomic E-state index is -1.21. The molecule has 0 aliphatic rings. The second kappa shape index (κ2) is 6.27. The van der Waals surface area contributed by atoms with Gasteiger partial charge in [-0.3, -0.25) is 10.1 Å². The van der Waals surface area contributed by atoms with Gasteiger partial charge in [0.15, 0.2) is 0 Å². The molecule has 0 aromatic heterocycles. The van der Waals surface area contributed by atoms with E-state index >= 15 is 0 Å². The molecule has 0 saturated heterocycles. The Morgan fingerprint density at radius 2 is 1.86 bits per heavy atom. The van der Waals surface area contributed by atoms with E-state index in [-0.39, 0.29) is 12.2 Å². The van der Waals surface area contributed by atoms with Gasteiger partial charge in [-0.25, -0.2) is 4.39 Å². The molecule has 0 amide bonds. The summed E-state index contributed by atoms with van der Waals surface area (Å²) >= 11 is 0. The number of halogens is 2. The van der Waals surface area contributed by atoms with Gasteiger partial charge < -0.3 is 11.1 Å². The molecule has 7 heteroatoms. The maximum absolute atomic E-state index is 13.5. The molecule has 0 fully saturated rings. The molecular weight excluding hydrogens is 280 g/mol. The van der Waals surface area contributed by atoms with Crippen molar-refractivity contribution in [1.82, 2.24) is 0 Å². The summed E-state index contributed by atoms with van der Waals surface area (Å²) in [6.07, 6.45) is 0. The summed E-state index contributed by atoms with van der Waals surface area (Å²) in [5.41, 5.74) is 6.27. The molecule has 0 bridgehead atoms. The molecule has 0 spiro atoms. The van der Waals surface area contributed by atoms with Gasteiger partial charge in [-0.05, 0) is 11.1 Å². The van der Waals surface area contributed by atoms with Crippen LogP contribution in [0.15, 0.2) is 36.4 Å². The van der Waals surface area contributed by atoms with Crippen molar-refractivity contribution in [3.05, 3.63) is 69.3 Å². The van der Waals surface area contributed by atoms with E-state index in [1.807, 2.05) is 12.1 Å². The van der Waals surface area contributed by atoms with Crippen molar-refractivity contribution < 1.29 is 13.7 Å². The number of nitrogens with one attached hydrogen (secondary N) is 1. The highest BCUT2D eigenvalue weighted by Crippen LogP contribution is 2.29. The highest BCUT2D eigenvalue weighted by Gasteiger charge is 2.21. The maximum Gasteiger partial charge on any atom is 0.327 e. The van der Waals surface area contributed by atoms with E-state index in [0.29, 0.717) is 12.6 Å². The van der Waals surface area contributed by atoms with Crippen molar-refractivity contribution in [2.75, 3.05) is 5.32 Å². The molecule has 2 aromatic rings. The Bertz CT molecular complexity index is 677. The lowest BCUT2D eigenvalue weighted by Gasteiger charge is -2.11. The van der Waals surface area contributed by atoms with Crippen LogP contribution in [0.25, 0.3) is 0 Å². The molecule has 5 nitrogen and oxygen atoms in total. The number of benzene rings is 2. The van der Waals surface area contributed by atoms with Gasteiger partial charge in [0.1, 0.15) is 11.5 Å². The van der Waals surface area contributed by atoms with Crippen molar-refractivity contribution in [2.24, 2.45) is 5.73 Å². The molecule has 2 aromatic carbocycles. The Balaban J connectivity index is 2.30. The lowest BCUT2D eigenvalue weighted by molar-refractivity contribution is -0.386. The number of nitrogens with zero attached hydrogens (tertiary/aromatic N) is 1. The Kier molecular flexibility index (Phi) is 4.44. The third kappa shape index (κ3) is 3.32. The van der Waals surface area contributed by atoms with Crippen molar-refractivity contribution in [1.29, 1.82) is 0 Å². The second-order valence-electron chi connectivity index (χ2n) is 4.37. The largest absolute Gasteiger partial charge is 0.375 e. The molecule has 2 rings (SSSR count). The Hall–Kier alpha value is -2.54. The van der Waals surface area contributed by atoms with Crippen LogP contribution in [0.1, 0.15) is 11.1 Å². The molecule has 0 heterocycles. The fourth-order valence-corrected chi connectivity index (χ4v) is 2.01. The summed E-state index contributed by atoms with van der Waals surface area (Å²) in [6, 6.07) is 8.59. The standard InChI is InChI=1S/C14H13F2N3O2/c15-11-5-12(16)14(19(20)21)13(6-11)18-8-10-4-2-1-3-9(10)7-17/h1-6,18H,7-8,17H2. The first-order chi connectivity index (χ1) is 10.0. The molecule has 0 radical (unpaired) electrons. The van der Waals surface area contributed by atoms with Crippen LogP contribution >= 0.6 is 0 Å². The number of hydrogen-bond donors (Lipinski definition) is 2. The zero-order valence-corrected chi connectivity index (χ0v) is 11.0. The summed E-state index contributed by atoms with van der Waals surface area (Å²) in [7, 11) is 0. The van der Waals surface area contributed by atoms with E-state index in [9.17, 15) is 18.9 Å². The van der Waals surface area contributed by atoms with E-state index in [1.54, 1.807) is 12.1 Å². The topological polar surface area (TPSA) is 81.2 Å². The normalized spacial score (nSPS) is 10.4. The highest BCUT2D eigenvalue weighted by atomic mass is 19.1. The number of nitro groups is 1. The molecular formula is C14H13F2N3O2. The van der Waals surface area contributed by atoms with Crippen LogP contribution in [-0.2, 0) is 13.1 Å². The van der Waals surface area contributed by atoms with Crippen molar-refractivity contribution in [2.45, 2.75) is 13.1 Å². The average molecular weight is 293 g/mol. The highest BCUT2D eigenvalue weighted by molar-refractivity contribution is 5.62. The van der Waals surface area contributed by atoms with Crippen molar-refractivity contribution in [3.63, 3.8) is 0 Å². The Labute approximate surface area is 119 Å². The molecule has 0 saturated carbocycles. The zero-order chi connectivity index (χ0) is 15.4. The van der Waals surface area contributed by atoms with Crippen LogP contribution < -0.4 is 11.1 Å². The quantitative estimate of drug-likeness (QED) is 0.656. The zero-order valence-electron chi connectivity index (χ0n) is 11.0. The van der Waals surface area contributed by atoms with Gasteiger partial charge in [0.2, 0.25) is 5.82 Å². The van der Waals surface area contributed by atoms with Crippen molar-refractivity contribution >= 4 is 11.4 Å².